The van der Waals surface area contributed by atoms with Gasteiger partial charge in [-0.2, -0.15) is 13.2 Å². The average Bonchev–Trinajstić information content (AvgIpc) is 2.06. The summed E-state index contributed by atoms with van der Waals surface area (Å²) >= 11 is 0. The Bertz CT molecular complexity index is 298. The van der Waals surface area contributed by atoms with Crippen LogP contribution in [-0.2, 0) is 6.54 Å². The molecular weight excluding hydrogens is 200 g/mol. The number of hydrogen-bond donors (Lipinski definition) is 1. The number of halogens is 4. The third-order valence-corrected chi connectivity index (χ3v) is 1.50. The molecule has 14 heavy (non-hydrogen) atoms. The van der Waals surface area contributed by atoms with Gasteiger partial charge in [0.2, 0.25) is 0 Å². The number of nitrogens with one attached hydrogen (secondary N) is 1. The average molecular weight is 208 g/mol. The van der Waals surface area contributed by atoms with Crippen LogP contribution in [0.2, 0.25) is 0 Å². The van der Waals surface area contributed by atoms with E-state index in [1.165, 1.54) is 12.3 Å². The molecule has 0 fully saturated rings. The van der Waals surface area contributed by atoms with Gasteiger partial charge < -0.3 is 5.32 Å². The predicted molar refractivity (Wildman–Crippen MR) is 42.0 cm³/mol. The monoisotopic (exact) mass is 208 g/mol. The third kappa shape index (κ3) is 3.69. The summed E-state index contributed by atoms with van der Waals surface area (Å²) < 4.78 is 47.9. The Balaban J connectivity index is 2.43. The molecule has 1 aromatic rings. The molecule has 0 atom stereocenters. The van der Waals surface area contributed by atoms with E-state index in [4.69, 9.17) is 0 Å². The summed E-state index contributed by atoms with van der Waals surface area (Å²) in [5.41, 5.74) is 0.171. The van der Waals surface area contributed by atoms with Gasteiger partial charge in [-0.3, -0.25) is 4.98 Å². The molecule has 6 heteroatoms. The zero-order valence-electron chi connectivity index (χ0n) is 7.11. The molecule has 1 aromatic heterocycles. The van der Waals surface area contributed by atoms with Crippen molar-refractivity contribution in [1.82, 2.24) is 10.3 Å². The molecule has 78 valence electrons. The van der Waals surface area contributed by atoms with Crippen LogP contribution in [0.5, 0.6) is 0 Å². The van der Waals surface area contributed by atoms with Crippen molar-refractivity contribution in [3.63, 3.8) is 0 Å². The fourth-order valence-electron chi connectivity index (χ4n) is 0.886. The Hall–Kier alpha value is -1.17. The van der Waals surface area contributed by atoms with Crippen molar-refractivity contribution in [2.24, 2.45) is 0 Å². The first-order valence-electron chi connectivity index (χ1n) is 3.85. The van der Waals surface area contributed by atoms with Crippen molar-refractivity contribution >= 4 is 0 Å². The first-order valence-corrected chi connectivity index (χ1v) is 3.85. The molecular formula is C8H8F4N2. The first kappa shape index (κ1) is 10.9. The highest BCUT2D eigenvalue weighted by atomic mass is 19.4. The maximum absolute atomic E-state index is 12.8. The number of alkyl halides is 3. The molecule has 1 rings (SSSR count). The third-order valence-electron chi connectivity index (χ3n) is 1.50. The van der Waals surface area contributed by atoms with Crippen molar-refractivity contribution in [3.05, 3.63) is 29.8 Å². The zero-order valence-corrected chi connectivity index (χ0v) is 7.11. The van der Waals surface area contributed by atoms with Gasteiger partial charge in [0.1, 0.15) is 5.82 Å². The van der Waals surface area contributed by atoms with Crippen molar-refractivity contribution in [2.75, 3.05) is 6.54 Å². The van der Waals surface area contributed by atoms with Gasteiger partial charge in [-0.1, -0.05) is 0 Å². The summed E-state index contributed by atoms with van der Waals surface area (Å²) in [7, 11) is 0. The van der Waals surface area contributed by atoms with E-state index in [1.807, 2.05) is 0 Å². The lowest BCUT2D eigenvalue weighted by Crippen LogP contribution is -2.28. The summed E-state index contributed by atoms with van der Waals surface area (Å²) in [6.45, 7) is -1.29. The molecule has 0 unspecified atom stereocenters. The smallest absolute Gasteiger partial charge is 0.304 e. The fourth-order valence-corrected chi connectivity index (χ4v) is 0.886. The Labute approximate surface area is 78.0 Å². The normalized spacial score (nSPS) is 11.7. The highest BCUT2D eigenvalue weighted by Gasteiger charge is 2.26. The number of aromatic nitrogens is 1. The second-order valence-electron chi connectivity index (χ2n) is 2.69. The summed E-state index contributed by atoms with van der Waals surface area (Å²) in [6, 6.07) is 1.33. The first-order chi connectivity index (χ1) is 6.49. The SMILES string of the molecule is Fc1cnccc1CNCC(F)(F)F. The summed E-state index contributed by atoms with van der Waals surface area (Å²) in [4.78, 5) is 3.48. The Morgan fingerprint density at radius 2 is 2.07 bits per heavy atom. The standard InChI is InChI=1S/C8H8F4N2/c9-7-4-13-2-1-6(7)3-14-5-8(10,11)12/h1-2,4,14H,3,5H2. The maximum Gasteiger partial charge on any atom is 0.401 e. The van der Waals surface area contributed by atoms with E-state index < -0.39 is 18.5 Å². The number of hydrogen-bond acceptors (Lipinski definition) is 2. The number of pyridine rings is 1. The van der Waals surface area contributed by atoms with E-state index in [0.29, 0.717) is 0 Å². The summed E-state index contributed by atoms with van der Waals surface area (Å²) in [5.74, 6) is -0.609. The lowest BCUT2D eigenvalue weighted by molar-refractivity contribution is -0.125. The van der Waals surface area contributed by atoms with Crippen molar-refractivity contribution < 1.29 is 17.6 Å². The lowest BCUT2D eigenvalue weighted by atomic mass is 10.2. The summed E-state index contributed by atoms with van der Waals surface area (Å²) in [6.07, 6.45) is -1.98. The topological polar surface area (TPSA) is 24.9 Å². The van der Waals surface area contributed by atoms with E-state index in [0.717, 1.165) is 6.20 Å². The van der Waals surface area contributed by atoms with Crippen LogP contribution in [0.25, 0.3) is 0 Å². The van der Waals surface area contributed by atoms with Gasteiger partial charge in [0.25, 0.3) is 0 Å². The molecule has 2 nitrogen and oxygen atoms in total. The molecule has 0 bridgehead atoms. The van der Waals surface area contributed by atoms with E-state index in [9.17, 15) is 17.6 Å². The molecule has 0 amide bonds. The molecule has 0 spiro atoms. The van der Waals surface area contributed by atoms with E-state index in [-0.39, 0.29) is 12.1 Å². The van der Waals surface area contributed by atoms with Crippen LogP contribution in [-0.4, -0.2) is 17.7 Å². The van der Waals surface area contributed by atoms with Crippen LogP contribution >= 0.6 is 0 Å². The van der Waals surface area contributed by atoms with Crippen molar-refractivity contribution in [3.8, 4) is 0 Å². The molecule has 0 aliphatic rings. The van der Waals surface area contributed by atoms with Crippen molar-refractivity contribution in [2.45, 2.75) is 12.7 Å². The molecule has 0 saturated carbocycles. The largest absolute Gasteiger partial charge is 0.401 e. The van der Waals surface area contributed by atoms with E-state index >= 15 is 0 Å². The van der Waals surface area contributed by atoms with Crippen LogP contribution in [0, 0.1) is 5.82 Å². The van der Waals surface area contributed by atoms with Gasteiger partial charge in [-0.05, 0) is 6.07 Å². The Morgan fingerprint density at radius 3 is 2.64 bits per heavy atom. The fraction of sp³-hybridized carbons (Fsp3) is 0.375. The van der Waals surface area contributed by atoms with E-state index in [2.05, 4.69) is 10.3 Å². The Morgan fingerprint density at radius 1 is 1.36 bits per heavy atom. The van der Waals surface area contributed by atoms with Gasteiger partial charge in [-0.25, -0.2) is 4.39 Å². The number of rotatable bonds is 3. The molecule has 0 saturated heterocycles. The van der Waals surface area contributed by atoms with Crippen LogP contribution in [0.15, 0.2) is 18.5 Å². The van der Waals surface area contributed by atoms with Gasteiger partial charge in [0.15, 0.2) is 0 Å². The second kappa shape index (κ2) is 4.36. The minimum atomic E-state index is -4.27. The Kier molecular flexibility index (Phi) is 3.40. The quantitative estimate of drug-likeness (QED) is 0.767. The van der Waals surface area contributed by atoms with Gasteiger partial charge in [-0.15, -0.1) is 0 Å². The predicted octanol–water partition coefficient (Wildman–Crippen LogP) is 1.87. The van der Waals surface area contributed by atoms with Crippen LogP contribution in [0.1, 0.15) is 5.56 Å². The van der Waals surface area contributed by atoms with Crippen LogP contribution in [0.3, 0.4) is 0 Å². The molecule has 1 heterocycles. The zero-order chi connectivity index (χ0) is 10.6. The molecule has 0 aliphatic heterocycles. The highest BCUT2D eigenvalue weighted by molar-refractivity contribution is 5.11. The maximum atomic E-state index is 12.8. The van der Waals surface area contributed by atoms with Gasteiger partial charge >= 0.3 is 6.18 Å². The molecule has 0 radical (unpaired) electrons. The minimum absolute atomic E-state index is 0.159. The lowest BCUT2D eigenvalue weighted by Gasteiger charge is -2.08. The molecule has 1 N–H and O–H groups in total. The van der Waals surface area contributed by atoms with Crippen LogP contribution in [0.4, 0.5) is 17.6 Å². The van der Waals surface area contributed by atoms with Gasteiger partial charge in [0, 0.05) is 18.3 Å². The highest BCUT2D eigenvalue weighted by Crippen LogP contribution is 2.13. The second-order valence-corrected chi connectivity index (χ2v) is 2.69. The summed E-state index contributed by atoms with van der Waals surface area (Å²) in [5, 5.41) is 2.09. The minimum Gasteiger partial charge on any atom is -0.304 e. The molecule has 0 aromatic carbocycles. The van der Waals surface area contributed by atoms with Crippen molar-refractivity contribution in [1.29, 1.82) is 0 Å². The van der Waals surface area contributed by atoms with E-state index in [1.54, 1.807) is 0 Å². The molecule has 0 aliphatic carbocycles. The van der Waals surface area contributed by atoms with Crippen LogP contribution < -0.4 is 5.32 Å². The van der Waals surface area contributed by atoms with Gasteiger partial charge in [0.05, 0.1) is 12.7 Å². The number of nitrogens with zero attached hydrogens (tertiary/aromatic N) is 1.